The van der Waals surface area contributed by atoms with Crippen LogP contribution in [0.1, 0.15) is 12.5 Å². The Morgan fingerprint density at radius 2 is 0.979 bits per heavy atom. The lowest BCUT2D eigenvalue weighted by molar-refractivity contribution is 1.15. The van der Waals surface area contributed by atoms with E-state index in [0.29, 0.717) is 0 Å². The highest BCUT2D eigenvalue weighted by molar-refractivity contribution is 6.24. The van der Waals surface area contributed by atoms with E-state index in [9.17, 15) is 0 Å². The van der Waals surface area contributed by atoms with Crippen molar-refractivity contribution in [2.75, 3.05) is 0 Å². The molecule has 48 heavy (non-hydrogen) atoms. The summed E-state index contributed by atoms with van der Waals surface area (Å²) in [5.74, 6) is 0. The van der Waals surface area contributed by atoms with Gasteiger partial charge in [0.2, 0.25) is 0 Å². The van der Waals surface area contributed by atoms with Gasteiger partial charge in [-0.25, -0.2) is 0 Å². The van der Waals surface area contributed by atoms with Gasteiger partial charge in [0.05, 0.1) is 5.69 Å². The number of aryl methyl sites for hydroxylation is 1. The largest absolute Gasteiger partial charge is 0.265 e. The van der Waals surface area contributed by atoms with E-state index in [4.69, 9.17) is 4.98 Å². The Labute approximate surface area is 280 Å². The number of benzene rings is 7. The molecule has 0 unspecified atom stereocenters. The molecule has 226 valence electrons. The van der Waals surface area contributed by atoms with Crippen LogP contribution >= 0.6 is 0 Å². The number of nitrogens with zero attached hydrogens (tertiary/aromatic N) is 2. The van der Waals surface area contributed by atoms with Crippen molar-refractivity contribution in [2.24, 2.45) is 0 Å². The van der Waals surface area contributed by atoms with Crippen molar-refractivity contribution >= 4 is 43.1 Å². The van der Waals surface area contributed by atoms with Gasteiger partial charge >= 0.3 is 0 Å². The summed E-state index contributed by atoms with van der Waals surface area (Å²) in [6.07, 6.45) is 6.62. The van der Waals surface area contributed by atoms with Gasteiger partial charge in [0, 0.05) is 24.2 Å². The molecule has 9 aromatic rings. The molecule has 0 aliphatic heterocycles. The Hall–Kier alpha value is -6.12. The topological polar surface area (TPSA) is 25.8 Å². The first-order valence-corrected chi connectivity index (χ1v) is 16.6. The van der Waals surface area contributed by atoms with Crippen molar-refractivity contribution in [2.45, 2.75) is 13.3 Å². The maximum atomic E-state index is 4.85. The minimum Gasteiger partial charge on any atom is -0.265 e. The molecule has 0 N–H and O–H groups in total. The first-order chi connectivity index (χ1) is 23.8. The van der Waals surface area contributed by atoms with Crippen LogP contribution in [-0.2, 0) is 6.42 Å². The Balaban J connectivity index is 1.29. The zero-order valence-corrected chi connectivity index (χ0v) is 26.7. The molecule has 0 amide bonds. The van der Waals surface area contributed by atoms with Gasteiger partial charge in [0.1, 0.15) is 0 Å². The lowest BCUT2D eigenvalue weighted by Gasteiger charge is -2.20. The van der Waals surface area contributed by atoms with Crippen LogP contribution in [0.4, 0.5) is 0 Å². The van der Waals surface area contributed by atoms with Gasteiger partial charge in [-0.05, 0) is 119 Å². The summed E-state index contributed by atoms with van der Waals surface area (Å²) in [5.41, 5.74) is 10.7. The maximum Gasteiger partial charge on any atom is 0.0714 e. The first-order valence-electron chi connectivity index (χ1n) is 16.6. The predicted octanol–water partition coefficient (Wildman–Crippen LogP) is 12.3. The summed E-state index contributed by atoms with van der Waals surface area (Å²) >= 11 is 0. The Morgan fingerprint density at radius 1 is 0.417 bits per heavy atom. The van der Waals surface area contributed by atoms with E-state index in [-0.39, 0.29) is 0 Å². The molecule has 0 spiro atoms. The van der Waals surface area contributed by atoms with Crippen molar-refractivity contribution < 1.29 is 0 Å². The van der Waals surface area contributed by atoms with E-state index in [1.54, 1.807) is 0 Å². The van der Waals surface area contributed by atoms with Crippen LogP contribution in [0.15, 0.2) is 164 Å². The van der Waals surface area contributed by atoms with E-state index in [1.165, 1.54) is 70.9 Å². The van der Waals surface area contributed by atoms with Crippen LogP contribution in [0, 0.1) is 0 Å². The summed E-state index contributed by atoms with van der Waals surface area (Å²) in [7, 11) is 0. The van der Waals surface area contributed by atoms with Gasteiger partial charge in [-0.15, -0.1) is 0 Å². The molecule has 0 atom stereocenters. The van der Waals surface area contributed by atoms with Crippen molar-refractivity contribution in [1.82, 2.24) is 9.97 Å². The number of rotatable bonds is 5. The van der Waals surface area contributed by atoms with E-state index in [0.717, 1.165) is 28.8 Å². The van der Waals surface area contributed by atoms with Gasteiger partial charge in [-0.3, -0.25) is 9.97 Å². The third-order valence-electron chi connectivity index (χ3n) is 9.78. The Kier molecular flexibility index (Phi) is 6.80. The number of hydrogen-bond donors (Lipinski definition) is 0. The van der Waals surface area contributed by atoms with Gasteiger partial charge < -0.3 is 0 Å². The van der Waals surface area contributed by atoms with Crippen LogP contribution in [0.3, 0.4) is 0 Å². The molecule has 7 aromatic carbocycles. The molecule has 2 aromatic heterocycles. The number of pyridine rings is 2. The minimum absolute atomic E-state index is 0.958. The van der Waals surface area contributed by atoms with Gasteiger partial charge in [-0.2, -0.15) is 0 Å². The molecule has 2 heterocycles. The summed E-state index contributed by atoms with van der Waals surface area (Å²) < 4.78 is 0. The third kappa shape index (κ3) is 4.65. The second kappa shape index (κ2) is 11.6. The maximum absolute atomic E-state index is 4.85. The van der Waals surface area contributed by atoms with E-state index in [1.807, 2.05) is 30.7 Å². The smallest absolute Gasteiger partial charge is 0.0714 e. The van der Waals surface area contributed by atoms with E-state index in [2.05, 4.69) is 145 Å². The van der Waals surface area contributed by atoms with Crippen LogP contribution in [0.2, 0.25) is 0 Å². The highest BCUT2D eigenvalue weighted by Gasteiger charge is 2.19. The standard InChI is InChI=1S/C46H32N2/c1-2-30-15-16-33-28-35(18-17-32(33)27-30)45-39-11-5-7-13-41(39)46(42-14-8-6-12-40(42)45)43-20-19-38(36-9-3-4-10-37(36)43)44-29-34(23-26-48-44)31-21-24-47-25-22-31/h3-29H,2H2,1H3. The summed E-state index contributed by atoms with van der Waals surface area (Å²) in [4.78, 5) is 9.05. The average molecular weight is 613 g/mol. The zero-order chi connectivity index (χ0) is 32.0. The third-order valence-corrected chi connectivity index (χ3v) is 9.78. The molecule has 2 nitrogen and oxygen atoms in total. The average Bonchev–Trinajstić information content (AvgIpc) is 3.16. The van der Waals surface area contributed by atoms with Crippen LogP contribution in [0.25, 0.3) is 87.7 Å². The molecule has 0 fully saturated rings. The molecule has 0 radical (unpaired) electrons. The molecule has 0 bridgehead atoms. The second-order valence-electron chi connectivity index (χ2n) is 12.5. The predicted molar refractivity (Wildman–Crippen MR) is 203 cm³/mol. The number of aromatic nitrogens is 2. The summed E-state index contributed by atoms with van der Waals surface area (Å²) in [5, 5.41) is 9.98. The monoisotopic (exact) mass is 612 g/mol. The summed E-state index contributed by atoms with van der Waals surface area (Å²) in [6, 6.07) is 53.3. The highest BCUT2D eigenvalue weighted by atomic mass is 14.7. The van der Waals surface area contributed by atoms with Crippen LogP contribution in [-0.4, -0.2) is 9.97 Å². The zero-order valence-electron chi connectivity index (χ0n) is 26.7. The fourth-order valence-electron chi connectivity index (χ4n) is 7.44. The van der Waals surface area contributed by atoms with Gasteiger partial charge in [0.25, 0.3) is 0 Å². The SMILES string of the molecule is CCc1ccc2cc(-c3c4ccccc4c(-c4ccc(-c5cc(-c6ccncc6)ccn5)c5ccccc45)c4ccccc34)ccc2c1. The summed E-state index contributed by atoms with van der Waals surface area (Å²) in [6.45, 7) is 2.21. The van der Waals surface area contributed by atoms with E-state index < -0.39 is 0 Å². The lowest BCUT2D eigenvalue weighted by Crippen LogP contribution is -1.93. The Morgan fingerprint density at radius 3 is 1.67 bits per heavy atom. The molecule has 0 saturated carbocycles. The van der Waals surface area contributed by atoms with Gasteiger partial charge in [-0.1, -0.05) is 122 Å². The van der Waals surface area contributed by atoms with Crippen molar-refractivity contribution in [3.8, 4) is 44.6 Å². The van der Waals surface area contributed by atoms with Crippen LogP contribution in [0.5, 0.6) is 0 Å². The van der Waals surface area contributed by atoms with Crippen LogP contribution < -0.4 is 0 Å². The van der Waals surface area contributed by atoms with Crippen molar-refractivity contribution in [3.63, 3.8) is 0 Å². The quantitative estimate of drug-likeness (QED) is 0.181. The Bertz CT molecular complexity index is 2600. The molecule has 0 aliphatic carbocycles. The molecule has 0 aliphatic rings. The molecule has 2 heteroatoms. The molecule has 0 saturated heterocycles. The first kappa shape index (κ1) is 28.1. The van der Waals surface area contributed by atoms with Gasteiger partial charge in [0.15, 0.2) is 0 Å². The number of hydrogen-bond acceptors (Lipinski definition) is 2. The van der Waals surface area contributed by atoms with Crippen molar-refractivity contribution in [3.05, 3.63) is 170 Å². The normalized spacial score (nSPS) is 11.5. The number of fused-ring (bicyclic) bond motifs is 4. The fraction of sp³-hybridized carbons (Fsp3) is 0.0435. The van der Waals surface area contributed by atoms with Crippen molar-refractivity contribution in [1.29, 1.82) is 0 Å². The lowest BCUT2D eigenvalue weighted by atomic mass is 9.83. The minimum atomic E-state index is 0.958. The molecular weight excluding hydrogens is 581 g/mol. The second-order valence-corrected chi connectivity index (χ2v) is 12.5. The fourth-order valence-corrected chi connectivity index (χ4v) is 7.44. The van der Waals surface area contributed by atoms with E-state index >= 15 is 0 Å². The molecular formula is C46H32N2. The highest BCUT2D eigenvalue weighted by Crippen LogP contribution is 2.46. The molecule has 9 rings (SSSR count).